The van der Waals surface area contributed by atoms with Gasteiger partial charge in [-0.15, -0.1) is 23.7 Å². The van der Waals surface area contributed by atoms with Gasteiger partial charge in [0.25, 0.3) is 0 Å². The molecule has 1 fully saturated rings. The molecule has 0 radical (unpaired) electrons. The minimum atomic E-state index is -3.10. The van der Waals surface area contributed by atoms with E-state index in [1.54, 1.807) is 15.6 Å². The number of hydrogen-bond acceptors (Lipinski definition) is 4. The molecular weight excluding hydrogens is 316 g/mol. The summed E-state index contributed by atoms with van der Waals surface area (Å²) >= 11 is 1.63. The highest BCUT2D eigenvalue weighted by atomic mass is 35.5. The second-order valence-corrected chi connectivity index (χ2v) is 8.19. The van der Waals surface area contributed by atoms with Crippen LogP contribution in [0.15, 0.2) is 17.5 Å². The van der Waals surface area contributed by atoms with E-state index in [-0.39, 0.29) is 18.2 Å². The Morgan fingerprint density at radius 3 is 2.95 bits per heavy atom. The SMILES string of the molecule is CNCC1CCCN(S(=O)(=O)CCc2cccs2)C1.Cl. The molecule has 1 atom stereocenters. The zero-order chi connectivity index (χ0) is 13.7. The molecule has 0 saturated carbocycles. The molecule has 1 N–H and O–H groups in total. The van der Waals surface area contributed by atoms with Crippen molar-refractivity contribution in [3.05, 3.63) is 22.4 Å². The van der Waals surface area contributed by atoms with Gasteiger partial charge in [0.2, 0.25) is 10.0 Å². The van der Waals surface area contributed by atoms with Crippen LogP contribution in [0.2, 0.25) is 0 Å². The molecule has 0 bridgehead atoms. The van der Waals surface area contributed by atoms with Gasteiger partial charge < -0.3 is 5.32 Å². The molecule has 2 heterocycles. The van der Waals surface area contributed by atoms with E-state index in [0.29, 0.717) is 25.4 Å². The fourth-order valence-corrected chi connectivity index (χ4v) is 4.97. The molecule has 1 saturated heterocycles. The Labute approximate surface area is 132 Å². The van der Waals surface area contributed by atoms with Crippen molar-refractivity contribution < 1.29 is 8.42 Å². The van der Waals surface area contributed by atoms with Gasteiger partial charge in [-0.25, -0.2) is 12.7 Å². The highest BCUT2D eigenvalue weighted by molar-refractivity contribution is 7.89. The van der Waals surface area contributed by atoms with E-state index < -0.39 is 10.0 Å². The van der Waals surface area contributed by atoms with Gasteiger partial charge in [-0.05, 0) is 50.2 Å². The van der Waals surface area contributed by atoms with Gasteiger partial charge in [0.1, 0.15) is 0 Å². The van der Waals surface area contributed by atoms with Gasteiger partial charge in [-0.2, -0.15) is 0 Å². The van der Waals surface area contributed by atoms with Gasteiger partial charge in [0.15, 0.2) is 0 Å². The molecule has 1 aliphatic rings. The summed E-state index contributed by atoms with van der Waals surface area (Å²) in [6.07, 6.45) is 2.73. The number of nitrogens with zero attached hydrogens (tertiary/aromatic N) is 1. The van der Waals surface area contributed by atoms with Crippen LogP contribution in [0.5, 0.6) is 0 Å². The van der Waals surface area contributed by atoms with Crippen LogP contribution in [0.1, 0.15) is 17.7 Å². The number of thiophene rings is 1. The van der Waals surface area contributed by atoms with Crippen molar-refractivity contribution in [3.63, 3.8) is 0 Å². The lowest BCUT2D eigenvalue weighted by molar-refractivity contribution is 0.263. The summed E-state index contributed by atoms with van der Waals surface area (Å²) in [5, 5.41) is 5.14. The molecule has 1 unspecified atom stereocenters. The first-order valence-corrected chi connectivity index (χ1v) is 9.25. The average molecular weight is 339 g/mol. The summed E-state index contributed by atoms with van der Waals surface area (Å²) in [6.45, 7) is 2.26. The van der Waals surface area contributed by atoms with Gasteiger partial charge in [0.05, 0.1) is 5.75 Å². The molecule has 1 aromatic rings. The first kappa shape index (κ1) is 17.9. The summed E-state index contributed by atoms with van der Waals surface area (Å²) < 4.78 is 26.4. The van der Waals surface area contributed by atoms with Crippen molar-refractivity contribution >= 4 is 33.8 Å². The highest BCUT2D eigenvalue weighted by Gasteiger charge is 2.28. The number of nitrogens with one attached hydrogen (secondary N) is 1. The van der Waals surface area contributed by atoms with E-state index in [1.807, 2.05) is 24.6 Å². The predicted octanol–water partition coefficient (Wildman–Crippen LogP) is 1.97. The maximum atomic E-state index is 12.3. The molecule has 116 valence electrons. The number of rotatable bonds is 6. The van der Waals surface area contributed by atoms with Gasteiger partial charge >= 0.3 is 0 Å². The normalized spacial score (nSPS) is 20.6. The summed E-state index contributed by atoms with van der Waals surface area (Å²) in [7, 11) is -1.18. The van der Waals surface area contributed by atoms with E-state index in [2.05, 4.69) is 5.32 Å². The van der Waals surface area contributed by atoms with E-state index >= 15 is 0 Å². The number of hydrogen-bond donors (Lipinski definition) is 1. The molecule has 0 amide bonds. The molecular formula is C13H23ClN2O2S2. The van der Waals surface area contributed by atoms with Crippen molar-refractivity contribution in [3.8, 4) is 0 Å². The lowest BCUT2D eigenvalue weighted by Gasteiger charge is -2.31. The first-order chi connectivity index (χ1) is 9.12. The Morgan fingerprint density at radius 2 is 2.30 bits per heavy atom. The fourth-order valence-electron chi connectivity index (χ4n) is 2.55. The second-order valence-electron chi connectivity index (χ2n) is 5.07. The molecule has 1 aromatic heterocycles. The monoisotopic (exact) mass is 338 g/mol. The summed E-state index contributed by atoms with van der Waals surface area (Å²) in [5.74, 6) is 0.690. The lowest BCUT2D eigenvalue weighted by Crippen LogP contribution is -2.43. The Morgan fingerprint density at radius 1 is 1.50 bits per heavy atom. The van der Waals surface area contributed by atoms with Crippen LogP contribution in [0.4, 0.5) is 0 Å². The van der Waals surface area contributed by atoms with Crippen LogP contribution in [-0.4, -0.2) is 45.2 Å². The molecule has 0 spiro atoms. The van der Waals surface area contributed by atoms with Crippen LogP contribution >= 0.6 is 23.7 Å². The van der Waals surface area contributed by atoms with E-state index in [4.69, 9.17) is 0 Å². The number of halogens is 1. The Bertz CT molecular complexity index is 475. The Hall–Kier alpha value is -0.140. The first-order valence-electron chi connectivity index (χ1n) is 6.76. The number of sulfonamides is 1. The maximum Gasteiger partial charge on any atom is 0.214 e. The average Bonchev–Trinajstić information content (AvgIpc) is 2.90. The van der Waals surface area contributed by atoms with E-state index in [1.165, 1.54) is 0 Å². The van der Waals surface area contributed by atoms with Crippen LogP contribution < -0.4 is 5.32 Å². The van der Waals surface area contributed by atoms with Crippen molar-refractivity contribution in [2.24, 2.45) is 5.92 Å². The number of piperidine rings is 1. The van der Waals surface area contributed by atoms with E-state index in [0.717, 1.165) is 24.3 Å². The Kier molecular flexibility index (Phi) is 7.47. The summed E-state index contributed by atoms with van der Waals surface area (Å²) in [5.41, 5.74) is 0. The van der Waals surface area contributed by atoms with Crippen LogP contribution in [-0.2, 0) is 16.4 Å². The third-order valence-electron chi connectivity index (χ3n) is 3.55. The summed E-state index contributed by atoms with van der Waals surface area (Å²) in [4.78, 5) is 1.15. The maximum absolute atomic E-state index is 12.3. The molecule has 2 rings (SSSR count). The van der Waals surface area contributed by atoms with E-state index in [9.17, 15) is 8.42 Å². The molecule has 4 nitrogen and oxygen atoms in total. The van der Waals surface area contributed by atoms with Crippen molar-refractivity contribution in [2.75, 3.05) is 32.4 Å². The Balaban J connectivity index is 0.00000200. The van der Waals surface area contributed by atoms with Gasteiger partial charge in [0, 0.05) is 18.0 Å². The topological polar surface area (TPSA) is 49.4 Å². The van der Waals surface area contributed by atoms with Crippen LogP contribution in [0.3, 0.4) is 0 Å². The lowest BCUT2D eigenvalue weighted by atomic mass is 10.00. The van der Waals surface area contributed by atoms with Gasteiger partial charge in [-0.3, -0.25) is 0 Å². The van der Waals surface area contributed by atoms with Crippen LogP contribution in [0, 0.1) is 5.92 Å². The molecule has 7 heteroatoms. The standard InChI is InChI=1S/C13H22N2O2S2.ClH/c1-14-10-12-4-2-7-15(11-12)19(16,17)9-6-13-5-3-8-18-13;/h3,5,8,12,14H,2,4,6-7,9-11H2,1H3;1H. The molecule has 20 heavy (non-hydrogen) atoms. The minimum absolute atomic E-state index is 0. The van der Waals surface area contributed by atoms with Crippen LogP contribution in [0.25, 0.3) is 0 Å². The van der Waals surface area contributed by atoms with Crippen molar-refractivity contribution in [1.82, 2.24) is 9.62 Å². The third kappa shape index (κ3) is 5.00. The highest BCUT2D eigenvalue weighted by Crippen LogP contribution is 2.20. The predicted molar refractivity (Wildman–Crippen MR) is 87.3 cm³/mol. The minimum Gasteiger partial charge on any atom is -0.319 e. The molecule has 1 aliphatic heterocycles. The quantitative estimate of drug-likeness (QED) is 0.862. The third-order valence-corrected chi connectivity index (χ3v) is 6.33. The second kappa shape index (κ2) is 8.34. The van der Waals surface area contributed by atoms with Crippen molar-refractivity contribution in [2.45, 2.75) is 19.3 Å². The molecule has 0 aliphatic carbocycles. The largest absolute Gasteiger partial charge is 0.319 e. The fraction of sp³-hybridized carbons (Fsp3) is 0.692. The van der Waals surface area contributed by atoms with Gasteiger partial charge in [-0.1, -0.05) is 6.07 Å². The smallest absolute Gasteiger partial charge is 0.214 e. The molecule has 0 aromatic carbocycles. The summed E-state index contributed by atoms with van der Waals surface area (Å²) in [6, 6.07) is 3.97. The zero-order valence-corrected chi connectivity index (χ0v) is 14.2. The zero-order valence-electron chi connectivity index (χ0n) is 11.7. The number of aryl methyl sites for hydroxylation is 1. The van der Waals surface area contributed by atoms with Crippen molar-refractivity contribution in [1.29, 1.82) is 0 Å².